The van der Waals surface area contributed by atoms with Crippen LogP contribution in [0.5, 0.6) is 0 Å². The molecule has 1 heterocycles. The molecule has 0 saturated heterocycles. The first-order valence-corrected chi connectivity index (χ1v) is 4.67. The molecule has 1 atom stereocenters. The Morgan fingerprint density at radius 1 is 1.31 bits per heavy atom. The number of nitrogens with zero attached hydrogens (tertiary/aromatic N) is 1. The first-order chi connectivity index (χ1) is 5.61. The quantitative estimate of drug-likeness (QED) is 0.467. The number of hydrogen-bond acceptors (Lipinski definition) is 3. The van der Waals surface area contributed by atoms with Crippen LogP contribution in [0, 0.1) is 0 Å². The van der Waals surface area contributed by atoms with E-state index in [-0.39, 0.29) is 61.8 Å². The second-order valence-electron chi connectivity index (χ2n) is 2.37. The van der Waals surface area contributed by atoms with Gasteiger partial charge in [0.1, 0.15) is 0 Å². The van der Waals surface area contributed by atoms with Crippen LogP contribution in [0.3, 0.4) is 0 Å². The van der Waals surface area contributed by atoms with Crippen molar-refractivity contribution in [1.29, 1.82) is 0 Å². The normalized spacial score (nSPS) is 24.5. The molecular formula is C7H4KNO3S. The fourth-order valence-electron chi connectivity index (χ4n) is 1.08. The minimum atomic E-state index is -3.68. The summed E-state index contributed by atoms with van der Waals surface area (Å²) in [5.74, 6) is -0.675. The molecule has 2 rings (SSSR count). The minimum absolute atomic E-state index is 0. The maximum Gasteiger partial charge on any atom is 1.00 e. The summed E-state index contributed by atoms with van der Waals surface area (Å²) < 4.78 is 25.2. The molecule has 1 unspecified atom stereocenters. The van der Waals surface area contributed by atoms with E-state index >= 15 is 0 Å². The van der Waals surface area contributed by atoms with Crippen LogP contribution >= 0.6 is 0 Å². The van der Waals surface area contributed by atoms with E-state index in [9.17, 15) is 13.6 Å². The molecule has 0 N–H and O–H groups in total. The van der Waals surface area contributed by atoms with Gasteiger partial charge in [-0.25, -0.2) is 0 Å². The van der Waals surface area contributed by atoms with Crippen LogP contribution in [0.15, 0.2) is 33.5 Å². The molecular weight excluding hydrogens is 217 g/mol. The molecule has 1 aromatic carbocycles. The van der Waals surface area contributed by atoms with E-state index in [1.807, 2.05) is 0 Å². The molecule has 1 aliphatic rings. The predicted octanol–water partition coefficient (Wildman–Crippen LogP) is -2.20. The molecule has 62 valence electrons. The van der Waals surface area contributed by atoms with Gasteiger partial charge in [0.05, 0.1) is 5.56 Å². The van der Waals surface area contributed by atoms with Crippen LogP contribution in [0.1, 0.15) is 10.4 Å². The van der Waals surface area contributed by atoms with Crippen LogP contribution in [-0.2, 0) is 10.0 Å². The Balaban J connectivity index is 0.000000845. The summed E-state index contributed by atoms with van der Waals surface area (Å²) in [7, 11) is -3.68. The molecule has 1 aliphatic heterocycles. The second kappa shape index (κ2) is 3.89. The van der Waals surface area contributed by atoms with Crippen LogP contribution in [0.25, 0.3) is 0 Å². The molecule has 0 saturated carbocycles. The zero-order valence-corrected chi connectivity index (χ0v) is 10.8. The minimum Gasteiger partial charge on any atom is -0.760 e. The molecule has 0 fully saturated rings. The Labute approximate surface area is 118 Å². The van der Waals surface area contributed by atoms with Crippen molar-refractivity contribution < 1.29 is 64.9 Å². The molecule has 1 amide bonds. The van der Waals surface area contributed by atoms with E-state index in [1.54, 1.807) is 12.1 Å². The van der Waals surface area contributed by atoms with Crippen LogP contribution in [0.2, 0.25) is 0 Å². The largest absolute Gasteiger partial charge is 1.00 e. The van der Waals surface area contributed by atoms with E-state index in [1.165, 1.54) is 12.1 Å². The number of fused-ring (bicyclic) bond motifs is 1. The van der Waals surface area contributed by atoms with Gasteiger partial charge >= 0.3 is 51.4 Å². The van der Waals surface area contributed by atoms with Gasteiger partial charge in [-0.3, -0.25) is 9.00 Å². The Bertz CT molecular complexity index is 476. The van der Waals surface area contributed by atoms with Gasteiger partial charge in [-0.2, -0.15) is 4.36 Å². The third-order valence-electron chi connectivity index (χ3n) is 1.60. The fourth-order valence-corrected chi connectivity index (χ4v) is 2.17. The Hall–Kier alpha value is 0.436. The number of rotatable bonds is 0. The number of carbonyl (C=O) groups is 1. The number of benzene rings is 1. The number of carbonyl (C=O) groups excluding carboxylic acids is 1. The summed E-state index contributed by atoms with van der Waals surface area (Å²) in [5, 5.41) is 0. The molecule has 0 aliphatic carbocycles. The average molecular weight is 221 g/mol. The SMILES string of the molecule is O=C1N=S(=O)([O-])c2ccccc21.[K+]. The second-order valence-corrected chi connectivity index (χ2v) is 3.94. The third kappa shape index (κ3) is 1.94. The zero-order valence-electron chi connectivity index (χ0n) is 6.89. The van der Waals surface area contributed by atoms with Gasteiger partial charge in [0.15, 0.2) is 0 Å². The Kier molecular flexibility index (Phi) is 3.45. The van der Waals surface area contributed by atoms with Crippen molar-refractivity contribution in [2.24, 2.45) is 4.36 Å². The van der Waals surface area contributed by atoms with Gasteiger partial charge in [0, 0.05) is 14.9 Å². The molecule has 0 aromatic heterocycles. The molecule has 0 spiro atoms. The zero-order chi connectivity index (χ0) is 8.77. The molecule has 0 radical (unpaired) electrons. The van der Waals surface area contributed by atoms with E-state index in [4.69, 9.17) is 0 Å². The smallest absolute Gasteiger partial charge is 0.760 e. The fraction of sp³-hybridized carbons (Fsp3) is 0. The van der Waals surface area contributed by atoms with Crippen LogP contribution in [-0.4, -0.2) is 14.7 Å². The van der Waals surface area contributed by atoms with Crippen LogP contribution < -0.4 is 51.4 Å². The summed E-state index contributed by atoms with van der Waals surface area (Å²) in [6, 6.07) is 5.99. The third-order valence-corrected chi connectivity index (χ3v) is 2.92. The van der Waals surface area contributed by atoms with Gasteiger partial charge in [-0.15, -0.1) is 0 Å². The summed E-state index contributed by atoms with van der Waals surface area (Å²) >= 11 is 0. The van der Waals surface area contributed by atoms with Crippen LogP contribution in [0.4, 0.5) is 0 Å². The summed E-state index contributed by atoms with van der Waals surface area (Å²) in [5.41, 5.74) is 0.164. The summed E-state index contributed by atoms with van der Waals surface area (Å²) in [6.07, 6.45) is 0. The maximum absolute atomic E-state index is 11.1. The Morgan fingerprint density at radius 3 is 2.54 bits per heavy atom. The van der Waals surface area contributed by atoms with E-state index in [0.29, 0.717) is 0 Å². The first-order valence-electron chi connectivity index (χ1n) is 3.23. The van der Waals surface area contributed by atoms with E-state index in [2.05, 4.69) is 4.36 Å². The summed E-state index contributed by atoms with van der Waals surface area (Å²) in [4.78, 5) is 10.9. The van der Waals surface area contributed by atoms with Gasteiger partial charge in [-0.05, 0) is 12.1 Å². The monoisotopic (exact) mass is 221 g/mol. The van der Waals surface area contributed by atoms with Gasteiger partial charge in [-0.1, -0.05) is 12.1 Å². The number of hydrogen-bond donors (Lipinski definition) is 0. The van der Waals surface area contributed by atoms with Gasteiger partial charge in [0.25, 0.3) is 5.91 Å². The van der Waals surface area contributed by atoms with E-state index < -0.39 is 15.9 Å². The van der Waals surface area contributed by atoms with Crippen molar-refractivity contribution in [3.05, 3.63) is 29.8 Å². The molecule has 13 heavy (non-hydrogen) atoms. The van der Waals surface area contributed by atoms with E-state index in [0.717, 1.165) is 0 Å². The van der Waals surface area contributed by atoms with Gasteiger partial charge < -0.3 is 4.55 Å². The maximum atomic E-state index is 11.1. The van der Waals surface area contributed by atoms with Crippen molar-refractivity contribution in [3.63, 3.8) is 0 Å². The molecule has 1 aromatic rings. The standard InChI is InChI=1S/C7H5NO3S.K/c9-7-5-3-1-2-4-6(5)12(10,11)8-7;/h1-4H,(H,8,9,10,11);/q;+1/p-1. The summed E-state index contributed by atoms with van der Waals surface area (Å²) in [6.45, 7) is 0. The topological polar surface area (TPSA) is 69.6 Å². The van der Waals surface area contributed by atoms with Crippen molar-refractivity contribution in [2.75, 3.05) is 0 Å². The molecule has 6 heteroatoms. The van der Waals surface area contributed by atoms with Crippen molar-refractivity contribution in [2.45, 2.75) is 4.90 Å². The van der Waals surface area contributed by atoms with Crippen molar-refractivity contribution >= 4 is 15.9 Å². The van der Waals surface area contributed by atoms with Crippen molar-refractivity contribution in [1.82, 2.24) is 0 Å². The Morgan fingerprint density at radius 2 is 1.92 bits per heavy atom. The van der Waals surface area contributed by atoms with Crippen molar-refractivity contribution in [3.8, 4) is 0 Å². The average Bonchev–Trinajstić information content (AvgIpc) is 2.25. The molecule has 4 nitrogen and oxygen atoms in total. The predicted molar refractivity (Wildman–Crippen MR) is 40.4 cm³/mol. The van der Waals surface area contributed by atoms with Gasteiger partial charge in [0.2, 0.25) is 0 Å². The number of amides is 1. The first kappa shape index (κ1) is 11.5. The molecule has 0 bridgehead atoms.